The van der Waals surface area contributed by atoms with Crippen LogP contribution in [0, 0.1) is 5.92 Å². The molecule has 3 heteroatoms. The molecule has 2 aromatic carbocycles. The molecule has 1 heterocycles. The number of pyridine rings is 1. The molecule has 3 rings (SSSR count). The number of benzene rings is 2. The number of rotatable bonds is 5. The standard InChI is InChI=1S/C22H22ClNO/c1-16(2)13-17-3-7-19(8-4-17)20-9-12-22(25)24(15-20)14-18-5-10-21(23)11-6-18/h3-12,15-16H,13-14H2,1-2H3. The Hall–Kier alpha value is -2.32. The lowest BCUT2D eigenvalue weighted by Crippen LogP contribution is -2.19. The number of halogens is 1. The summed E-state index contributed by atoms with van der Waals surface area (Å²) in [7, 11) is 0. The molecular weight excluding hydrogens is 330 g/mol. The molecule has 0 N–H and O–H groups in total. The van der Waals surface area contributed by atoms with Gasteiger partial charge in [-0.15, -0.1) is 0 Å². The molecule has 0 saturated carbocycles. The third-order valence-electron chi connectivity index (χ3n) is 4.18. The van der Waals surface area contributed by atoms with E-state index in [-0.39, 0.29) is 5.56 Å². The Morgan fingerprint density at radius 1 is 0.840 bits per heavy atom. The summed E-state index contributed by atoms with van der Waals surface area (Å²) < 4.78 is 1.74. The van der Waals surface area contributed by atoms with E-state index in [1.165, 1.54) is 5.56 Å². The van der Waals surface area contributed by atoms with Gasteiger partial charge in [-0.3, -0.25) is 4.79 Å². The molecule has 25 heavy (non-hydrogen) atoms. The van der Waals surface area contributed by atoms with Crippen LogP contribution in [0.4, 0.5) is 0 Å². The Balaban J connectivity index is 1.85. The van der Waals surface area contributed by atoms with Crippen molar-refractivity contribution in [3.05, 3.63) is 93.4 Å². The fourth-order valence-corrected chi connectivity index (χ4v) is 3.04. The van der Waals surface area contributed by atoms with Crippen LogP contribution in [0.15, 0.2) is 71.7 Å². The van der Waals surface area contributed by atoms with Gasteiger partial charge >= 0.3 is 0 Å². The van der Waals surface area contributed by atoms with E-state index in [4.69, 9.17) is 11.6 Å². The predicted molar refractivity (Wildman–Crippen MR) is 105 cm³/mol. The van der Waals surface area contributed by atoms with E-state index in [1.54, 1.807) is 10.6 Å². The van der Waals surface area contributed by atoms with Gasteiger partial charge in [0, 0.05) is 17.3 Å². The quantitative estimate of drug-likeness (QED) is 0.602. The molecule has 3 aromatic rings. The second-order valence-electron chi connectivity index (χ2n) is 6.81. The normalized spacial score (nSPS) is 11.0. The zero-order valence-electron chi connectivity index (χ0n) is 14.6. The molecule has 0 spiro atoms. The highest BCUT2D eigenvalue weighted by molar-refractivity contribution is 6.30. The van der Waals surface area contributed by atoms with E-state index >= 15 is 0 Å². The maximum Gasteiger partial charge on any atom is 0.250 e. The Kier molecular flexibility index (Phi) is 5.40. The van der Waals surface area contributed by atoms with Crippen molar-refractivity contribution >= 4 is 11.6 Å². The van der Waals surface area contributed by atoms with E-state index in [0.717, 1.165) is 23.1 Å². The van der Waals surface area contributed by atoms with Crippen molar-refractivity contribution in [2.45, 2.75) is 26.8 Å². The Bertz CT molecular complexity index is 893. The first-order valence-corrected chi connectivity index (χ1v) is 8.93. The molecule has 0 aliphatic carbocycles. The van der Waals surface area contributed by atoms with Gasteiger partial charge in [-0.05, 0) is 52.8 Å². The van der Waals surface area contributed by atoms with Crippen molar-refractivity contribution in [2.24, 2.45) is 5.92 Å². The lowest BCUT2D eigenvalue weighted by molar-refractivity contribution is 0.647. The summed E-state index contributed by atoms with van der Waals surface area (Å²) in [6.45, 7) is 4.98. The minimum atomic E-state index is -0.00451. The van der Waals surface area contributed by atoms with Crippen molar-refractivity contribution < 1.29 is 0 Å². The van der Waals surface area contributed by atoms with E-state index in [1.807, 2.05) is 36.5 Å². The molecule has 0 bridgehead atoms. The topological polar surface area (TPSA) is 22.0 Å². The number of hydrogen-bond donors (Lipinski definition) is 0. The maximum absolute atomic E-state index is 12.2. The SMILES string of the molecule is CC(C)Cc1ccc(-c2ccc(=O)n(Cc3ccc(Cl)cc3)c2)cc1. The second kappa shape index (κ2) is 7.71. The average molecular weight is 352 g/mol. The fourth-order valence-electron chi connectivity index (χ4n) is 2.92. The van der Waals surface area contributed by atoms with Crippen molar-refractivity contribution in [3.63, 3.8) is 0 Å². The molecular formula is C22H22ClNO. The summed E-state index contributed by atoms with van der Waals surface area (Å²) in [6.07, 6.45) is 3.00. The molecule has 0 unspecified atom stereocenters. The van der Waals surface area contributed by atoms with Gasteiger partial charge in [0.15, 0.2) is 0 Å². The molecule has 0 fully saturated rings. The molecule has 2 nitrogen and oxygen atoms in total. The van der Waals surface area contributed by atoms with Crippen LogP contribution < -0.4 is 5.56 Å². The summed E-state index contributed by atoms with van der Waals surface area (Å²) in [5, 5.41) is 0.700. The number of aromatic nitrogens is 1. The molecule has 0 amide bonds. The highest BCUT2D eigenvalue weighted by atomic mass is 35.5. The second-order valence-corrected chi connectivity index (χ2v) is 7.24. The van der Waals surface area contributed by atoms with Gasteiger partial charge in [0.2, 0.25) is 0 Å². The van der Waals surface area contributed by atoms with Gasteiger partial charge in [-0.2, -0.15) is 0 Å². The first-order valence-electron chi connectivity index (χ1n) is 8.55. The summed E-state index contributed by atoms with van der Waals surface area (Å²) in [6, 6.07) is 19.7. The van der Waals surface area contributed by atoms with Crippen LogP contribution in [0.2, 0.25) is 5.02 Å². The first-order chi connectivity index (χ1) is 12.0. The summed E-state index contributed by atoms with van der Waals surface area (Å²) in [5.74, 6) is 0.645. The van der Waals surface area contributed by atoms with Crippen LogP contribution in [-0.4, -0.2) is 4.57 Å². The average Bonchev–Trinajstić information content (AvgIpc) is 2.59. The molecule has 0 atom stereocenters. The summed E-state index contributed by atoms with van der Waals surface area (Å²) in [5.41, 5.74) is 4.56. The van der Waals surface area contributed by atoms with Crippen LogP contribution in [0.5, 0.6) is 0 Å². The van der Waals surface area contributed by atoms with Gasteiger partial charge in [-0.1, -0.05) is 61.8 Å². The highest BCUT2D eigenvalue weighted by Gasteiger charge is 2.04. The fraction of sp³-hybridized carbons (Fsp3) is 0.227. The third kappa shape index (κ3) is 4.61. The summed E-state index contributed by atoms with van der Waals surface area (Å²) in [4.78, 5) is 12.2. The van der Waals surface area contributed by atoms with E-state index in [2.05, 4.69) is 38.1 Å². The molecule has 0 radical (unpaired) electrons. The van der Waals surface area contributed by atoms with Crippen LogP contribution in [0.3, 0.4) is 0 Å². The molecule has 0 aliphatic heterocycles. The third-order valence-corrected chi connectivity index (χ3v) is 4.43. The van der Waals surface area contributed by atoms with Crippen LogP contribution >= 0.6 is 11.6 Å². The van der Waals surface area contributed by atoms with E-state index in [0.29, 0.717) is 17.5 Å². The molecule has 1 aromatic heterocycles. The Labute approximate surface area is 153 Å². The lowest BCUT2D eigenvalue weighted by atomic mass is 10.00. The molecule has 0 saturated heterocycles. The Morgan fingerprint density at radius 2 is 1.44 bits per heavy atom. The van der Waals surface area contributed by atoms with Crippen LogP contribution in [0.25, 0.3) is 11.1 Å². The van der Waals surface area contributed by atoms with Gasteiger partial charge in [0.05, 0.1) is 6.54 Å². The minimum absolute atomic E-state index is 0.00451. The predicted octanol–water partition coefficient (Wildman–Crippen LogP) is 5.42. The van der Waals surface area contributed by atoms with Gasteiger partial charge in [0.1, 0.15) is 0 Å². The monoisotopic (exact) mass is 351 g/mol. The Morgan fingerprint density at radius 3 is 2.08 bits per heavy atom. The van der Waals surface area contributed by atoms with E-state index < -0.39 is 0 Å². The van der Waals surface area contributed by atoms with Crippen molar-refractivity contribution in [2.75, 3.05) is 0 Å². The minimum Gasteiger partial charge on any atom is -0.310 e. The van der Waals surface area contributed by atoms with Crippen molar-refractivity contribution in [1.82, 2.24) is 4.57 Å². The zero-order valence-corrected chi connectivity index (χ0v) is 15.3. The van der Waals surface area contributed by atoms with Crippen molar-refractivity contribution in [3.8, 4) is 11.1 Å². The van der Waals surface area contributed by atoms with Crippen molar-refractivity contribution in [1.29, 1.82) is 0 Å². The van der Waals surface area contributed by atoms with Gasteiger partial charge in [0.25, 0.3) is 5.56 Å². The smallest absolute Gasteiger partial charge is 0.250 e. The van der Waals surface area contributed by atoms with Crippen LogP contribution in [-0.2, 0) is 13.0 Å². The number of hydrogen-bond acceptors (Lipinski definition) is 1. The first kappa shape index (κ1) is 17.5. The van der Waals surface area contributed by atoms with Gasteiger partial charge < -0.3 is 4.57 Å². The van der Waals surface area contributed by atoms with E-state index in [9.17, 15) is 4.79 Å². The van der Waals surface area contributed by atoms with Gasteiger partial charge in [-0.25, -0.2) is 0 Å². The maximum atomic E-state index is 12.2. The summed E-state index contributed by atoms with van der Waals surface area (Å²) >= 11 is 5.93. The highest BCUT2D eigenvalue weighted by Crippen LogP contribution is 2.20. The largest absolute Gasteiger partial charge is 0.310 e. The number of nitrogens with zero attached hydrogens (tertiary/aromatic N) is 1. The lowest BCUT2D eigenvalue weighted by Gasteiger charge is -2.10. The zero-order chi connectivity index (χ0) is 17.8. The molecule has 0 aliphatic rings. The molecule has 128 valence electrons. The van der Waals surface area contributed by atoms with Crippen LogP contribution in [0.1, 0.15) is 25.0 Å².